The summed E-state index contributed by atoms with van der Waals surface area (Å²) in [6, 6.07) is -0.805. The van der Waals surface area contributed by atoms with Crippen LogP contribution < -0.4 is 5.73 Å². The van der Waals surface area contributed by atoms with Gasteiger partial charge in [-0.3, -0.25) is 4.79 Å². The van der Waals surface area contributed by atoms with Gasteiger partial charge in [-0.25, -0.2) is 0 Å². The molecule has 0 amide bonds. The molecule has 3 nitrogen and oxygen atoms in total. The lowest BCUT2D eigenvalue weighted by atomic mass is 10.0. The van der Waals surface area contributed by atoms with Crippen LogP contribution in [0.1, 0.15) is 27.7 Å². The smallest absolute Gasteiger partial charge is 0.321 e. The Morgan fingerprint density at radius 3 is 2.12 bits per heavy atom. The number of carboxylic acids is 1. The van der Waals surface area contributed by atoms with E-state index in [1.165, 1.54) is 0 Å². The summed E-state index contributed by atoms with van der Waals surface area (Å²) in [5.74, 6) is -1.06. The predicted molar refractivity (Wildman–Crippen MR) is 71.1 cm³/mol. The van der Waals surface area contributed by atoms with Gasteiger partial charge in [-0.2, -0.15) is 0 Å². The third kappa shape index (κ3) is 4.10. The first-order chi connectivity index (χ1) is 6.99. The summed E-state index contributed by atoms with van der Waals surface area (Å²) in [6.07, 6.45) is 1.97. The van der Waals surface area contributed by atoms with Gasteiger partial charge in [0.2, 0.25) is 0 Å². The maximum absolute atomic E-state index is 10.7. The molecule has 0 fully saturated rings. The highest BCUT2D eigenvalue weighted by Gasteiger charge is 2.32. The molecular formula is C12H25NO2Si. The molecule has 0 saturated heterocycles. The van der Waals surface area contributed by atoms with Crippen molar-refractivity contribution >= 4 is 14.0 Å². The van der Waals surface area contributed by atoms with Crippen molar-refractivity contribution in [3.05, 3.63) is 11.8 Å². The fraction of sp³-hybridized carbons (Fsp3) is 0.750. The van der Waals surface area contributed by atoms with Crippen molar-refractivity contribution in [2.24, 2.45) is 11.7 Å². The second-order valence-corrected chi connectivity index (χ2v) is 11.3. The Labute approximate surface area is 99.7 Å². The maximum Gasteiger partial charge on any atom is 0.321 e. The van der Waals surface area contributed by atoms with Crippen LogP contribution >= 0.6 is 0 Å². The van der Waals surface area contributed by atoms with Gasteiger partial charge in [0.05, 0.1) is 8.07 Å². The van der Waals surface area contributed by atoms with Gasteiger partial charge in [-0.15, -0.1) is 0 Å². The third-order valence-electron chi connectivity index (χ3n) is 3.60. The van der Waals surface area contributed by atoms with Crippen LogP contribution in [0.15, 0.2) is 11.8 Å². The lowest BCUT2D eigenvalue weighted by Crippen LogP contribution is -2.38. The van der Waals surface area contributed by atoms with Gasteiger partial charge >= 0.3 is 5.97 Å². The van der Waals surface area contributed by atoms with Crippen molar-refractivity contribution in [1.29, 1.82) is 0 Å². The second-order valence-electron chi connectivity index (χ2n) is 6.05. The molecule has 16 heavy (non-hydrogen) atoms. The number of carbonyl (C=O) groups is 1. The van der Waals surface area contributed by atoms with Gasteiger partial charge in [-0.05, 0) is 11.0 Å². The number of hydrogen-bond acceptors (Lipinski definition) is 2. The van der Waals surface area contributed by atoms with Crippen LogP contribution in [0.4, 0.5) is 0 Å². The molecule has 0 radical (unpaired) electrons. The Hall–Kier alpha value is -0.613. The fourth-order valence-corrected chi connectivity index (χ4v) is 2.27. The Balaban J connectivity index is 4.67. The Bertz CT molecular complexity index is 279. The van der Waals surface area contributed by atoms with Crippen LogP contribution in [0, 0.1) is 5.92 Å². The SMILES string of the molecule is C[C@@H](/C=C/[Si](C)(C)C(C)(C)C)[C@H](N)C(=O)O. The minimum atomic E-state index is -1.48. The molecule has 0 aromatic carbocycles. The molecular weight excluding hydrogens is 218 g/mol. The Kier molecular flexibility index (Phi) is 4.95. The van der Waals surface area contributed by atoms with E-state index in [4.69, 9.17) is 10.8 Å². The molecule has 0 spiro atoms. The van der Waals surface area contributed by atoms with Crippen molar-refractivity contribution < 1.29 is 9.90 Å². The lowest BCUT2D eigenvalue weighted by molar-refractivity contribution is -0.139. The average molecular weight is 243 g/mol. The van der Waals surface area contributed by atoms with Gasteiger partial charge in [-0.1, -0.05) is 52.6 Å². The van der Waals surface area contributed by atoms with Crippen molar-refractivity contribution in [3.8, 4) is 0 Å². The minimum absolute atomic E-state index is 0.119. The van der Waals surface area contributed by atoms with Crippen molar-refractivity contribution in [1.82, 2.24) is 0 Å². The van der Waals surface area contributed by atoms with E-state index in [0.29, 0.717) is 0 Å². The summed E-state index contributed by atoms with van der Waals surface area (Å²) in [4.78, 5) is 10.7. The van der Waals surface area contributed by atoms with Crippen LogP contribution in [0.2, 0.25) is 18.1 Å². The normalized spacial score (nSPS) is 17.4. The first kappa shape index (κ1) is 15.4. The Morgan fingerprint density at radius 1 is 1.38 bits per heavy atom. The number of aliphatic carboxylic acids is 1. The van der Waals surface area contributed by atoms with E-state index in [-0.39, 0.29) is 11.0 Å². The molecule has 0 bridgehead atoms. The highest BCUT2D eigenvalue weighted by molar-refractivity contribution is 6.84. The van der Waals surface area contributed by atoms with Crippen LogP contribution in [0.25, 0.3) is 0 Å². The van der Waals surface area contributed by atoms with Crippen LogP contribution in [-0.4, -0.2) is 25.2 Å². The second kappa shape index (κ2) is 5.14. The van der Waals surface area contributed by atoms with E-state index in [2.05, 4.69) is 39.6 Å². The number of rotatable bonds is 4. The van der Waals surface area contributed by atoms with Gasteiger partial charge < -0.3 is 10.8 Å². The van der Waals surface area contributed by atoms with Crippen LogP contribution in [-0.2, 0) is 4.79 Å². The van der Waals surface area contributed by atoms with Gasteiger partial charge in [0.25, 0.3) is 0 Å². The summed E-state index contributed by atoms with van der Waals surface area (Å²) < 4.78 is 0. The molecule has 4 heteroatoms. The van der Waals surface area contributed by atoms with Gasteiger partial charge in [0.1, 0.15) is 6.04 Å². The summed E-state index contributed by atoms with van der Waals surface area (Å²) in [7, 11) is -1.48. The lowest BCUT2D eigenvalue weighted by Gasteiger charge is -2.34. The first-order valence-corrected chi connectivity index (χ1v) is 8.74. The molecule has 0 aromatic rings. The summed E-state index contributed by atoms with van der Waals surface area (Å²) in [6.45, 7) is 13.1. The molecule has 0 saturated carbocycles. The molecule has 0 heterocycles. The Morgan fingerprint density at radius 2 is 1.81 bits per heavy atom. The summed E-state index contributed by atoms with van der Waals surface area (Å²) >= 11 is 0. The quantitative estimate of drug-likeness (QED) is 0.746. The fourth-order valence-electron chi connectivity index (χ4n) is 0.987. The molecule has 0 aromatic heterocycles. The number of carboxylic acid groups (broad SMARTS) is 1. The monoisotopic (exact) mass is 243 g/mol. The topological polar surface area (TPSA) is 63.3 Å². The zero-order valence-corrected chi connectivity index (χ0v) is 12.2. The molecule has 0 rings (SSSR count). The van der Waals surface area contributed by atoms with E-state index in [9.17, 15) is 4.79 Å². The molecule has 0 unspecified atom stereocenters. The molecule has 94 valence electrons. The zero-order chi connectivity index (χ0) is 13.1. The molecule has 3 N–H and O–H groups in total. The van der Waals surface area contributed by atoms with Crippen molar-refractivity contribution in [2.75, 3.05) is 0 Å². The first-order valence-electron chi connectivity index (χ1n) is 5.67. The van der Waals surface area contributed by atoms with E-state index < -0.39 is 20.1 Å². The molecule has 0 aliphatic heterocycles. The van der Waals surface area contributed by atoms with E-state index in [1.54, 1.807) is 0 Å². The standard InChI is InChI=1S/C12H25NO2Si/c1-9(10(13)11(14)15)7-8-16(5,6)12(2,3)4/h7-10H,13H2,1-6H3,(H,14,15)/b8-7+/t9-,10-/m0/s1. The largest absolute Gasteiger partial charge is 0.480 e. The van der Waals surface area contributed by atoms with Gasteiger partial charge in [0, 0.05) is 0 Å². The van der Waals surface area contributed by atoms with E-state index in [1.807, 2.05) is 13.0 Å². The zero-order valence-electron chi connectivity index (χ0n) is 11.2. The molecule has 0 aliphatic carbocycles. The van der Waals surface area contributed by atoms with Crippen molar-refractivity contribution in [2.45, 2.75) is 51.9 Å². The maximum atomic E-state index is 10.7. The van der Waals surface area contributed by atoms with E-state index >= 15 is 0 Å². The van der Waals surface area contributed by atoms with Crippen LogP contribution in [0.5, 0.6) is 0 Å². The summed E-state index contributed by atoms with van der Waals surface area (Å²) in [5, 5.41) is 9.07. The van der Waals surface area contributed by atoms with Gasteiger partial charge in [0.15, 0.2) is 0 Å². The summed E-state index contributed by atoms with van der Waals surface area (Å²) in [5.41, 5.74) is 7.77. The average Bonchev–Trinajstić information content (AvgIpc) is 2.11. The van der Waals surface area contributed by atoms with E-state index in [0.717, 1.165) is 0 Å². The van der Waals surface area contributed by atoms with Crippen molar-refractivity contribution in [3.63, 3.8) is 0 Å². The molecule has 0 aliphatic rings. The third-order valence-corrected chi connectivity index (χ3v) is 8.49. The number of nitrogens with two attached hydrogens (primary N) is 1. The highest BCUT2D eigenvalue weighted by atomic mass is 28.3. The van der Waals surface area contributed by atoms with Crippen LogP contribution in [0.3, 0.4) is 0 Å². The molecule has 2 atom stereocenters. The number of hydrogen-bond donors (Lipinski definition) is 2. The predicted octanol–water partition coefficient (Wildman–Crippen LogP) is 2.64. The minimum Gasteiger partial charge on any atom is -0.480 e. The highest BCUT2D eigenvalue weighted by Crippen LogP contribution is 2.36.